The van der Waals surface area contributed by atoms with E-state index in [9.17, 15) is 0 Å². The van der Waals surface area contributed by atoms with Crippen molar-refractivity contribution in [1.82, 2.24) is 9.97 Å². The second-order valence-corrected chi connectivity index (χ2v) is 4.74. The van der Waals surface area contributed by atoms with Gasteiger partial charge in [0.25, 0.3) is 0 Å². The van der Waals surface area contributed by atoms with Gasteiger partial charge in [-0.15, -0.1) is 11.3 Å². The van der Waals surface area contributed by atoms with Crippen molar-refractivity contribution in [2.24, 2.45) is 0 Å². The molecule has 1 N–H and O–H groups in total. The summed E-state index contributed by atoms with van der Waals surface area (Å²) in [4.78, 5) is 9.51. The van der Waals surface area contributed by atoms with Crippen LogP contribution in [0.1, 0.15) is 0 Å². The lowest BCUT2D eigenvalue weighted by Crippen LogP contribution is -1.90. The maximum atomic E-state index is 4.21. The maximum absolute atomic E-state index is 4.21. The van der Waals surface area contributed by atoms with Gasteiger partial charge in [-0.1, -0.05) is 11.8 Å². The molecule has 0 unspecified atom stereocenters. The van der Waals surface area contributed by atoms with Gasteiger partial charge in [0.1, 0.15) is 5.82 Å². The first kappa shape index (κ1) is 9.48. The Hall–Kier alpha value is -1.07. The molecule has 0 spiro atoms. The highest BCUT2D eigenvalue weighted by Gasteiger charge is 2.00. The van der Waals surface area contributed by atoms with Crippen LogP contribution < -0.4 is 5.32 Å². The van der Waals surface area contributed by atoms with Crippen molar-refractivity contribution < 1.29 is 0 Å². The zero-order valence-electron chi connectivity index (χ0n) is 7.60. The smallest absolute Gasteiger partial charge is 0.154 e. The number of hydrogen-bond donors (Lipinski definition) is 1. The lowest BCUT2D eigenvalue weighted by molar-refractivity contribution is 1.22. The molecule has 0 atom stereocenters. The molecule has 3 nitrogen and oxygen atoms in total. The Morgan fingerprint density at radius 2 is 2.29 bits per heavy atom. The average Bonchev–Trinajstić information content (AvgIpc) is 2.71. The second kappa shape index (κ2) is 4.43. The summed E-state index contributed by atoms with van der Waals surface area (Å²) in [6, 6.07) is 3.99. The summed E-state index contributed by atoms with van der Waals surface area (Å²) in [5.74, 6) is 0.881. The van der Waals surface area contributed by atoms with E-state index in [1.165, 1.54) is 0 Å². The van der Waals surface area contributed by atoms with Crippen molar-refractivity contribution in [2.75, 3.05) is 12.4 Å². The van der Waals surface area contributed by atoms with Crippen LogP contribution in [0.2, 0.25) is 0 Å². The van der Waals surface area contributed by atoms with E-state index in [4.69, 9.17) is 0 Å². The van der Waals surface area contributed by atoms with E-state index in [0.29, 0.717) is 0 Å². The third-order valence-electron chi connectivity index (χ3n) is 1.60. The molecule has 0 radical (unpaired) electrons. The Kier molecular flexibility index (Phi) is 3.00. The Labute approximate surface area is 90.6 Å². The first-order valence-corrected chi connectivity index (χ1v) is 5.79. The highest BCUT2D eigenvalue weighted by atomic mass is 32.2. The van der Waals surface area contributed by atoms with E-state index < -0.39 is 0 Å². The molecule has 0 amide bonds. The summed E-state index contributed by atoms with van der Waals surface area (Å²) < 4.78 is 1.05. The minimum atomic E-state index is 0.881. The number of thiazole rings is 1. The molecule has 0 saturated heterocycles. The van der Waals surface area contributed by atoms with Crippen LogP contribution in [0.4, 0.5) is 5.82 Å². The van der Waals surface area contributed by atoms with Gasteiger partial charge in [-0.05, 0) is 12.1 Å². The van der Waals surface area contributed by atoms with E-state index >= 15 is 0 Å². The SMILES string of the molecule is CNc1cc(Sc2nccs2)ccn1. The number of hydrogen-bond acceptors (Lipinski definition) is 5. The number of aromatic nitrogens is 2. The third kappa shape index (κ3) is 2.24. The van der Waals surface area contributed by atoms with Gasteiger partial charge in [0.05, 0.1) is 0 Å². The predicted octanol–water partition coefficient (Wildman–Crippen LogP) is 2.73. The van der Waals surface area contributed by atoms with Crippen LogP contribution in [0.15, 0.2) is 39.1 Å². The van der Waals surface area contributed by atoms with Gasteiger partial charge in [-0.25, -0.2) is 9.97 Å². The molecule has 2 rings (SSSR count). The molecule has 2 heterocycles. The van der Waals surface area contributed by atoms with Gasteiger partial charge >= 0.3 is 0 Å². The summed E-state index contributed by atoms with van der Waals surface area (Å²) in [5, 5.41) is 4.98. The fourth-order valence-electron chi connectivity index (χ4n) is 0.973. The largest absolute Gasteiger partial charge is 0.373 e. The first-order chi connectivity index (χ1) is 6.88. The average molecular weight is 223 g/mol. The standard InChI is InChI=1S/C9H9N3S2/c1-10-8-6-7(2-3-11-8)14-9-12-4-5-13-9/h2-6H,1H3,(H,10,11). The fraction of sp³-hybridized carbons (Fsp3) is 0.111. The van der Waals surface area contributed by atoms with Gasteiger partial charge in [-0.2, -0.15) is 0 Å². The summed E-state index contributed by atoms with van der Waals surface area (Å²) in [7, 11) is 1.86. The minimum absolute atomic E-state index is 0.881. The highest BCUT2D eigenvalue weighted by Crippen LogP contribution is 2.29. The second-order valence-electron chi connectivity index (χ2n) is 2.53. The van der Waals surface area contributed by atoms with E-state index in [0.717, 1.165) is 15.1 Å². The molecule has 0 bridgehead atoms. The fourth-order valence-corrected chi connectivity index (χ4v) is 2.60. The van der Waals surface area contributed by atoms with Gasteiger partial charge < -0.3 is 5.32 Å². The highest BCUT2D eigenvalue weighted by molar-refractivity contribution is 8.01. The van der Waals surface area contributed by atoms with E-state index in [2.05, 4.69) is 15.3 Å². The number of rotatable bonds is 3. The molecule has 2 aromatic rings. The quantitative estimate of drug-likeness (QED) is 0.868. The molecule has 72 valence electrons. The lowest BCUT2D eigenvalue weighted by atomic mass is 10.5. The number of nitrogens with zero attached hydrogens (tertiary/aromatic N) is 2. The van der Waals surface area contributed by atoms with Crippen LogP contribution >= 0.6 is 23.1 Å². The summed E-state index contributed by atoms with van der Waals surface area (Å²) in [6.45, 7) is 0. The lowest BCUT2D eigenvalue weighted by Gasteiger charge is -2.00. The Morgan fingerprint density at radius 3 is 3.00 bits per heavy atom. The molecular formula is C9H9N3S2. The van der Waals surface area contributed by atoms with Crippen molar-refractivity contribution in [3.63, 3.8) is 0 Å². The van der Waals surface area contributed by atoms with Gasteiger partial charge in [0.2, 0.25) is 0 Å². The van der Waals surface area contributed by atoms with E-state index in [-0.39, 0.29) is 0 Å². The van der Waals surface area contributed by atoms with Crippen LogP contribution in [0.5, 0.6) is 0 Å². The van der Waals surface area contributed by atoms with Crippen LogP contribution in [0.25, 0.3) is 0 Å². The molecule has 2 aromatic heterocycles. The summed E-state index contributed by atoms with van der Waals surface area (Å²) >= 11 is 3.29. The van der Waals surface area contributed by atoms with Gasteiger partial charge in [-0.3, -0.25) is 0 Å². The zero-order valence-corrected chi connectivity index (χ0v) is 9.23. The van der Waals surface area contributed by atoms with Crippen LogP contribution in [0.3, 0.4) is 0 Å². The molecule has 0 aromatic carbocycles. The van der Waals surface area contributed by atoms with E-state index in [1.54, 1.807) is 29.3 Å². The molecular weight excluding hydrogens is 214 g/mol. The van der Waals surface area contributed by atoms with Crippen molar-refractivity contribution in [3.8, 4) is 0 Å². The van der Waals surface area contributed by atoms with Crippen molar-refractivity contribution in [2.45, 2.75) is 9.24 Å². The van der Waals surface area contributed by atoms with Crippen LogP contribution in [-0.2, 0) is 0 Å². The van der Waals surface area contributed by atoms with Gasteiger partial charge in [0.15, 0.2) is 4.34 Å². The Morgan fingerprint density at radius 1 is 1.36 bits per heavy atom. The van der Waals surface area contributed by atoms with E-state index in [1.807, 2.05) is 30.8 Å². The number of pyridine rings is 1. The van der Waals surface area contributed by atoms with Gasteiger partial charge in [0, 0.05) is 29.7 Å². The molecule has 0 aliphatic rings. The number of anilines is 1. The minimum Gasteiger partial charge on any atom is -0.373 e. The zero-order chi connectivity index (χ0) is 9.80. The summed E-state index contributed by atoms with van der Waals surface area (Å²) in [5.41, 5.74) is 0. The first-order valence-electron chi connectivity index (χ1n) is 4.09. The normalized spacial score (nSPS) is 10.1. The summed E-state index contributed by atoms with van der Waals surface area (Å²) in [6.07, 6.45) is 3.61. The van der Waals surface area contributed by atoms with Crippen molar-refractivity contribution >= 4 is 28.9 Å². The third-order valence-corrected chi connectivity index (χ3v) is 3.48. The van der Waals surface area contributed by atoms with Crippen molar-refractivity contribution in [1.29, 1.82) is 0 Å². The maximum Gasteiger partial charge on any atom is 0.154 e. The Bertz CT molecular complexity index is 400. The van der Waals surface area contributed by atoms with Crippen LogP contribution in [-0.4, -0.2) is 17.0 Å². The Balaban J connectivity index is 2.17. The molecule has 5 heteroatoms. The van der Waals surface area contributed by atoms with Crippen LogP contribution in [0, 0.1) is 0 Å². The molecule has 0 aliphatic carbocycles. The predicted molar refractivity (Wildman–Crippen MR) is 60.0 cm³/mol. The monoisotopic (exact) mass is 223 g/mol. The number of nitrogens with one attached hydrogen (secondary N) is 1. The molecule has 0 saturated carbocycles. The molecule has 14 heavy (non-hydrogen) atoms. The molecule has 0 fully saturated rings. The van der Waals surface area contributed by atoms with Crippen molar-refractivity contribution in [3.05, 3.63) is 29.9 Å². The molecule has 0 aliphatic heterocycles. The topological polar surface area (TPSA) is 37.8 Å².